The lowest BCUT2D eigenvalue weighted by atomic mass is 10.2. The number of halogens is 2. The van der Waals surface area contributed by atoms with E-state index in [1.54, 1.807) is 24.4 Å². The van der Waals surface area contributed by atoms with Crippen LogP contribution >= 0.6 is 23.2 Å². The van der Waals surface area contributed by atoms with Crippen LogP contribution in [0.2, 0.25) is 10.0 Å². The SMILES string of the molecule is Cc1cccc(-n2c(C)cc(/C=N\NC(=O)CN(c3cc(Cl)cc(Cl)c3)S(=O)(=O)c3ccccc3)c2C)c1. The highest BCUT2D eigenvalue weighted by Crippen LogP contribution is 2.29. The van der Waals surface area contributed by atoms with Crippen molar-refractivity contribution in [2.45, 2.75) is 25.7 Å². The molecule has 0 fully saturated rings. The van der Waals surface area contributed by atoms with E-state index in [2.05, 4.69) is 21.2 Å². The van der Waals surface area contributed by atoms with Crippen LogP contribution in [0.25, 0.3) is 5.69 Å². The van der Waals surface area contributed by atoms with Gasteiger partial charge in [-0.25, -0.2) is 13.8 Å². The average Bonchev–Trinajstić information content (AvgIpc) is 3.15. The van der Waals surface area contributed by atoms with Crippen molar-refractivity contribution < 1.29 is 13.2 Å². The molecule has 3 aromatic carbocycles. The number of anilines is 1. The van der Waals surface area contributed by atoms with E-state index in [0.29, 0.717) is 0 Å². The van der Waals surface area contributed by atoms with E-state index >= 15 is 0 Å². The molecule has 196 valence electrons. The fourth-order valence-electron chi connectivity index (χ4n) is 4.14. The Bertz CT molecular complexity index is 1600. The first kappa shape index (κ1) is 27.4. The van der Waals surface area contributed by atoms with E-state index in [1.165, 1.54) is 30.3 Å². The molecule has 0 saturated carbocycles. The Kier molecular flexibility index (Phi) is 8.26. The number of sulfonamides is 1. The Morgan fingerprint density at radius 3 is 2.29 bits per heavy atom. The smallest absolute Gasteiger partial charge is 0.264 e. The highest BCUT2D eigenvalue weighted by molar-refractivity contribution is 7.92. The van der Waals surface area contributed by atoms with Gasteiger partial charge in [-0.3, -0.25) is 9.10 Å². The zero-order chi connectivity index (χ0) is 27.4. The molecule has 0 unspecified atom stereocenters. The van der Waals surface area contributed by atoms with Crippen LogP contribution in [0.5, 0.6) is 0 Å². The second-order valence-corrected chi connectivity index (χ2v) is 11.5. The summed E-state index contributed by atoms with van der Waals surface area (Å²) in [4.78, 5) is 12.9. The Morgan fingerprint density at radius 2 is 1.63 bits per heavy atom. The van der Waals surface area contributed by atoms with Crippen LogP contribution in [-0.2, 0) is 14.8 Å². The zero-order valence-corrected chi connectivity index (χ0v) is 23.3. The maximum absolute atomic E-state index is 13.4. The fourth-order valence-corrected chi connectivity index (χ4v) is 6.08. The van der Waals surface area contributed by atoms with Gasteiger partial charge in [0.1, 0.15) is 6.54 Å². The second kappa shape index (κ2) is 11.4. The number of nitrogens with one attached hydrogen (secondary N) is 1. The molecule has 0 radical (unpaired) electrons. The Morgan fingerprint density at radius 1 is 0.947 bits per heavy atom. The lowest BCUT2D eigenvalue weighted by Gasteiger charge is -2.24. The summed E-state index contributed by atoms with van der Waals surface area (Å²) in [6.45, 7) is 5.46. The minimum Gasteiger partial charge on any atom is -0.318 e. The largest absolute Gasteiger partial charge is 0.318 e. The van der Waals surface area contributed by atoms with Gasteiger partial charge < -0.3 is 4.57 Å². The molecule has 0 aliphatic heterocycles. The van der Waals surface area contributed by atoms with Gasteiger partial charge in [0.25, 0.3) is 15.9 Å². The summed E-state index contributed by atoms with van der Waals surface area (Å²) in [5.74, 6) is -0.635. The van der Waals surface area contributed by atoms with E-state index in [-0.39, 0.29) is 20.6 Å². The third kappa shape index (κ3) is 6.10. The van der Waals surface area contributed by atoms with E-state index in [9.17, 15) is 13.2 Å². The highest BCUT2D eigenvalue weighted by atomic mass is 35.5. The Balaban J connectivity index is 1.57. The second-order valence-electron chi connectivity index (χ2n) is 8.75. The molecular weight excluding hydrogens is 543 g/mol. The lowest BCUT2D eigenvalue weighted by molar-refractivity contribution is -0.119. The molecule has 1 heterocycles. The third-order valence-corrected chi connectivity index (χ3v) is 8.10. The zero-order valence-electron chi connectivity index (χ0n) is 21.0. The number of amides is 1. The van der Waals surface area contributed by atoms with Crippen molar-refractivity contribution in [2.75, 3.05) is 10.8 Å². The van der Waals surface area contributed by atoms with Gasteiger partial charge in [-0.1, -0.05) is 53.5 Å². The van der Waals surface area contributed by atoms with Gasteiger partial charge in [-0.15, -0.1) is 0 Å². The van der Waals surface area contributed by atoms with Crippen LogP contribution in [-0.4, -0.2) is 31.7 Å². The van der Waals surface area contributed by atoms with Crippen LogP contribution in [0.15, 0.2) is 88.9 Å². The summed E-state index contributed by atoms with van der Waals surface area (Å²) in [5.41, 5.74) is 7.56. The number of hydrazone groups is 1. The fraction of sp³-hybridized carbons (Fsp3) is 0.143. The van der Waals surface area contributed by atoms with Gasteiger partial charge in [-0.2, -0.15) is 5.10 Å². The number of aryl methyl sites for hydroxylation is 2. The van der Waals surface area contributed by atoms with Crippen molar-refractivity contribution in [3.05, 3.63) is 111 Å². The summed E-state index contributed by atoms with van der Waals surface area (Å²) in [5, 5.41) is 4.57. The van der Waals surface area contributed by atoms with Gasteiger partial charge in [0.15, 0.2) is 0 Å². The maximum Gasteiger partial charge on any atom is 0.264 e. The minimum atomic E-state index is -4.10. The number of hydrogen-bond donors (Lipinski definition) is 1. The van der Waals surface area contributed by atoms with E-state index in [0.717, 1.165) is 32.5 Å². The number of aromatic nitrogens is 1. The molecule has 4 rings (SSSR count). The normalized spacial score (nSPS) is 11.6. The van der Waals surface area contributed by atoms with Crippen LogP contribution in [0, 0.1) is 20.8 Å². The molecule has 1 amide bonds. The highest BCUT2D eigenvalue weighted by Gasteiger charge is 2.27. The van der Waals surface area contributed by atoms with Gasteiger partial charge in [0.2, 0.25) is 0 Å². The molecule has 38 heavy (non-hydrogen) atoms. The molecule has 0 atom stereocenters. The molecule has 0 spiro atoms. The van der Waals surface area contributed by atoms with Gasteiger partial charge >= 0.3 is 0 Å². The van der Waals surface area contributed by atoms with Gasteiger partial charge in [0, 0.05) is 32.7 Å². The number of hydrogen-bond acceptors (Lipinski definition) is 4. The van der Waals surface area contributed by atoms with Crippen molar-refractivity contribution in [1.29, 1.82) is 0 Å². The monoisotopic (exact) mass is 568 g/mol. The molecule has 0 saturated heterocycles. The number of carbonyl (C=O) groups excluding carboxylic acids is 1. The molecular formula is C28H26Cl2N4O3S. The molecule has 0 bridgehead atoms. The van der Waals surface area contributed by atoms with Crippen LogP contribution < -0.4 is 9.73 Å². The Labute approximate surface area is 232 Å². The van der Waals surface area contributed by atoms with Crippen LogP contribution in [0.4, 0.5) is 5.69 Å². The molecule has 4 aromatic rings. The van der Waals surface area contributed by atoms with E-state index in [1.807, 2.05) is 45.0 Å². The van der Waals surface area contributed by atoms with Crippen molar-refractivity contribution in [2.24, 2.45) is 5.10 Å². The molecule has 1 N–H and O–H groups in total. The van der Waals surface area contributed by atoms with E-state index in [4.69, 9.17) is 23.2 Å². The molecule has 0 aliphatic carbocycles. The van der Waals surface area contributed by atoms with Crippen molar-refractivity contribution in [3.8, 4) is 5.69 Å². The molecule has 1 aromatic heterocycles. The summed E-state index contributed by atoms with van der Waals surface area (Å²) >= 11 is 12.3. The number of rotatable bonds is 8. The summed E-state index contributed by atoms with van der Waals surface area (Å²) in [7, 11) is -4.10. The Hall–Kier alpha value is -3.59. The van der Waals surface area contributed by atoms with E-state index < -0.39 is 22.5 Å². The minimum absolute atomic E-state index is 0.0241. The first-order chi connectivity index (χ1) is 18.1. The predicted molar refractivity (Wildman–Crippen MR) is 153 cm³/mol. The van der Waals surface area contributed by atoms with Gasteiger partial charge in [-0.05, 0) is 74.9 Å². The molecule has 0 aliphatic rings. The summed E-state index contributed by atoms with van der Waals surface area (Å²) in [6.07, 6.45) is 1.54. The standard InChI is InChI=1S/C28H26Cl2N4O3S/c1-19-8-7-9-25(12-19)34-20(2)13-22(21(34)3)17-31-32-28(35)18-33(26-15-23(29)14-24(30)16-26)38(36,37)27-10-5-4-6-11-27/h4-17H,18H2,1-3H3,(H,32,35)/b31-17-. The van der Waals surface area contributed by atoms with Crippen molar-refractivity contribution in [1.82, 2.24) is 9.99 Å². The van der Waals surface area contributed by atoms with Crippen molar-refractivity contribution >= 4 is 51.0 Å². The number of carbonyl (C=O) groups is 1. The number of benzene rings is 3. The van der Waals surface area contributed by atoms with Crippen LogP contribution in [0.1, 0.15) is 22.5 Å². The third-order valence-electron chi connectivity index (χ3n) is 5.88. The summed E-state index contributed by atoms with van der Waals surface area (Å²) in [6, 6.07) is 22.3. The maximum atomic E-state index is 13.4. The quantitative estimate of drug-likeness (QED) is 0.207. The van der Waals surface area contributed by atoms with Crippen LogP contribution in [0.3, 0.4) is 0 Å². The summed E-state index contributed by atoms with van der Waals surface area (Å²) < 4.78 is 30.0. The first-order valence-corrected chi connectivity index (χ1v) is 13.9. The molecule has 10 heteroatoms. The lowest BCUT2D eigenvalue weighted by Crippen LogP contribution is -2.39. The first-order valence-electron chi connectivity index (χ1n) is 11.7. The molecule has 7 nitrogen and oxygen atoms in total. The average molecular weight is 570 g/mol. The topological polar surface area (TPSA) is 83.8 Å². The van der Waals surface area contributed by atoms with Gasteiger partial charge in [0.05, 0.1) is 16.8 Å². The van der Waals surface area contributed by atoms with Crippen molar-refractivity contribution in [3.63, 3.8) is 0 Å². The number of nitrogens with zero attached hydrogens (tertiary/aromatic N) is 3. The predicted octanol–water partition coefficient (Wildman–Crippen LogP) is 6.05.